The van der Waals surface area contributed by atoms with E-state index >= 15 is 0 Å². The van der Waals surface area contributed by atoms with Crippen LogP contribution in [0.2, 0.25) is 5.02 Å². The van der Waals surface area contributed by atoms with Crippen molar-refractivity contribution < 1.29 is 0 Å². The third-order valence-corrected chi connectivity index (χ3v) is 3.48. The van der Waals surface area contributed by atoms with Crippen molar-refractivity contribution in [1.82, 2.24) is 10.9 Å². The summed E-state index contributed by atoms with van der Waals surface area (Å²) >= 11 is 6.36. The molecule has 6 heteroatoms. The smallest absolute Gasteiger partial charge is 0.209 e. The second-order valence-corrected chi connectivity index (χ2v) is 4.98. The van der Waals surface area contributed by atoms with E-state index in [0.717, 1.165) is 16.7 Å². The van der Waals surface area contributed by atoms with Crippen LogP contribution in [-0.2, 0) is 5.79 Å². The maximum absolute atomic E-state index is 6.36. The van der Waals surface area contributed by atoms with Crippen LogP contribution >= 0.6 is 11.6 Å². The standard InChI is InChI=1S/C14H14ClN5/c15-12-8-10(14(17)18-13(16)19-20-14)6-7-11(12)9-4-2-1-3-5-9/h1-8,20H,17H2,(H3,16,18,19). The molecule has 1 atom stereocenters. The Bertz CT molecular complexity index is 671. The Labute approximate surface area is 121 Å². The molecule has 1 unspecified atom stereocenters. The van der Waals surface area contributed by atoms with Crippen LogP contribution in [0.1, 0.15) is 5.56 Å². The summed E-state index contributed by atoms with van der Waals surface area (Å²) in [6.45, 7) is 0. The molecule has 2 aromatic rings. The van der Waals surface area contributed by atoms with Gasteiger partial charge in [-0.1, -0.05) is 54.1 Å². The van der Waals surface area contributed by atoms with Gasteiger partial charge in [0, 0.05) is 16.1 Å². The van der Waals surface area contributed by atoms with Crippen LogP contribution in [-0.4, -0.2) is 5.96 Å². The van der Waals surface area contributed by atoms with Crippen molar-refractivity contribution in [3.05, 3.63) is 59.1 Å². The summed E-state index contributed by atoms with van der Waals surface area (Å²) in [5.74, 6) is -0.848. The molecule has 0 saturated carbocycles. The maximum Gasteiger partial charge on any atom is 0.209 e. The Morgan fingerprint density at radius 3 is 2.45 bits per heavy atom. The molecular weight excluding hydrogens is 274 g/mol. The topological polar surface area (TPSA) is 88.5 Å². The first-order valence-corrected chi connectivity index (χ1v) is 6.49. The fraction of sp³-hybridized carbons (Fsp3) is 0.0714. The fourth-order valence-electron chi connectivity index (χ4n) is 2.15. The van der Waals surface area contributed by atoms with Crippen molar-refractivity contribution in [2.24, 2.45) is 16.5 Å². The van der Waals surface area contributed by atoms with Gasteiger partial charge in [-0.2, -0.15) is 5.43 Å². The Morgan fingerprint density at radius 1 is 1.10 bits per heavy atom. The zero-order chi connectivity index (χ0) is 14.2. The van der Waals surface area contributed by atoms with Crippen molar-refractivity contribution in [3.8, 4) is 11.1 Å². The lowest BCUT2D eigenvalue weighted by atomic mass is 10.0. The van der Waals surface area contributed by atoms with E-state index in [1.807, 2.05) is 42.5 Å². The number of nitrogens with one attached hydrogen (secondary N) is 2. The number of nitrogens with two attached hydrogens (primary N) is 2. The number of halogens is 1. The number of hydrazine groups is 1. The summed E-state index contributed by atoms with van der Waals surface area (Å²) < 4.78 is 0. The van der Waals surface area contributed by atoms with Crippen molar-refractivity contribution in [3.63, 3.8) is 0 Å². The molecule has 102 valence electrons. The van der Waals surface area contributed by atoms with Crippen LogP contribution < -0.4 is 22.3 Å². The second kappa shape index (κ2) is 4.79. The highest BCUT2D eigenvalue weighted by molar-refractivity contribution is 6.33. The first kappa shape index (κ1) is 12.9. The summed E-state index contributed by atoms with van der Waals surface area (Å²) in [7, 11) is 0. The molecule has 0 amide bonds. The molecule has 1 aliphatic heterocycles. The quantitative estimate of drug-likeness (QED) is 0.674. The van der Waals surface area contributed by atoms with E-state index in [1.165, 1.54) is 0 Å². The number of nitrogens with zero attached hydrogens (tertiary/aromatic N) is 1. The molecule has 0 aromatic heterocycles. The molecule has 20 heavy (non-hydrogen) atoms. The minimum Gasteiger partial charge on any atom is -0.369 e. The van der Waals surface area contributed by atoms with E-state index in [0.29, 0.717) is 5.02 Å². The highest BCUT2D eigenvalue weighted by atomic mass is 35.5. The monoisotopic (exact) mass is 287 g/mol. The van der Waals surface area contributed by atoms with Crippen LogP contribution in [0.25, 0.3) is 11.1 Å². The minimum absolute atomic E-state index is 0.246. The number of benzene rings is 2. The third kappa shape index (κ3) is 2.22. The van der Waals surface area contributed by atoms with Crippen molar-refractivity contribution in [2.45, 2.75) is 5.79 Å². The molecule has 1 heterocycles. The Balaban J connectivity index is 2.01. The average Bonchev–Trinajstić information content (AvgIpc) is 2.80. The van der Waals surface area contributed by atoms with Gasteiger partial charge in [0.25, 0.3) is 0 Å². The number of rotatable bonds is 2. The molecular formula is C14H14ClN5. The predicted molar refractivity (Wildman–Crippen MR) is 80.6 cm³/mol. The van der Waals surface area contributed by atoms with Gasteiger partial charge < -0.3 is 5.73 Å². The van der Waals surface area contributed by atoms with Crippen LogP contribution in [0.15, 0.2) is 53.5 Å². The normalized spacial score (nSPS) is 21.4. The predicted octanol–water partition coefficient (Wildman–Crippen LogP) is 1.50. The summed E-state index contributed by atoms with van der Waals surface area (Å²) in [5, 5.41) is 0.612. The number of aliphatic imine (C=N–C) groups is 1. The van der Waals surface area contributed by atoms with Gasteiger partial charge in [-0.25, -0.2) is 4.99 Å². The zero-order valence-corrected chi connectivity index (χ0v) is 11.4. The number of guanidine groups is 1. The molecule has 0 saturated heterocycles. The highest BCUT2D eigenvalue weighted by Gasteiger charge is 2.31. The van der Waals surface area contributed by atoms with Gasteiger partial charge in [0.15, 0.2) is 0 Å². The van der Waals surface area contributed by atoms with Gasteiger partial charge in [-0.05, 0) is 11.6 Å². The van der Waals surface area contributed by atoms with Gasteiger partial charge in [-0.15, -0.1) is 0 Å². The maximum atomic E-state index is 6.36. The first-order valence-electron chi connectivity index (χ1n) is 6.11. The van der Waals surface area contributed by atoms with E-state index in [9.17, 15) is 0 Å². The summed E-state index contributed by atoms with van der Waals surface area (Å²) in [6, 6.07) is 15.5. The summed E-state index contributed by atoms with van der Waals surface area (Å²) in [4.78, 5) is 4.13. The molecule has 2 aromatic carbocycles. The number of hydrogen-bond donors (Lipinski definition) is 4. The molecule has 0 spiro atoms. The van der Waals surface area contributed by atoms with Crippen LogP contribution in [0, 0.1) is 0 Å². The van der Waals surface area contributed by atoms with Crippen LogP contribution in [0.3, 0.4) is 0 Å². The highest BCUT2D eigenvalue weighted by Crippen LogP contribution is 2.31. The lowest BCUT2D eigenvalue weighted by Gasteiger charge is -2.21. The summed E-state index contributed by atoms with van der Waals surface area (Å²) in [6.07, 6.45) is 0. The van der Waals surface area contributed by atoms with E-state index < -0.39 is 5.79 Å². The number of hydrogen-bond acceptors (Lipinski definition) is 5. The van der Waals surface area contributed by atoms with Crippen LogP contribution in [0.5, 0.6) is 0 Å². The molecule has 3 rings (SSSR count). The fourth-order valence-corrected chi connectivity index (χ4v) is 2.44. The van der Waals surface area contributed by atoms with Crippen molar-refractivity contribution in [2.75, 3.05) is 0 Å². The molecule has 0 bridgehead atoms. The van der Waals surface area contributed by atoms with Crippen molar-refractivity contribution >= 4 is 17.6 Å². The lowest BCUT2D eigenvalue weighted by Crippen LogP contribution is -2.50. The molecule has 0 fully saturated rings. The van der Waals surface area contributed by atoms with E-state index in [-0.39, 0.29) is 5.96 Å². The van der Waals surface area contributed by atoms with E-state index in [1.54, 1.807) is 6.07 Å². The minimum atomic E-state index is -1.09. The SMILES string of the molecule is NC1=NC(N)(c2ccc(-c3ccccc3)c(Cl)c2)NN1. The van der Waals surface area contributed by atoms with Gasteiger partial charge >= 0.3 is 0 Å². The Kier molecular flexibility index (Phi) is 3.10. The van der Waals surface area contributed by atoms with Crippen molar-refractivity contribution in [1.29, 1.82) is 0 Å². The van der Waals surface area contributed by atoms with E-state index in [4.69, 9.17) is 23.1 Å². The zero-order valence-electron chi connectivity index (χ0n) is 10.6. The Morgan fingerprint density at radius 2 is 1.85 bits per heavy atom. The summed E-state index contributed by atoms with van der Waals surface area (Å²) in [5.41, 5.74) is 19.9. The molecule has 6 N–H and O–H groups in total. The molecule has 0 radical (unpaired) electrons. The second-order valence-electron chi connectivity index (χ2n) is 4.57. The van der Waals surface area contributed by atoms with Gasteiger partial charge in [0.1, 0.15) is 0 Å². The lowest BCUT2D eigenvalue weighted by molar-refractivity contribution is 0.375. The van der Waals surface area contributed by atoms with Gasteiger partial charge in [0.2, 0.25) is 11.7 Å². The van der Waals surface area contributed by atoms with Crippen LogP contribution in [0.4, 0.5) is 0 Å². The van der Waals surface area contributed by atoms with E-state index in [2.05, 4.69) is 15.8 Å². The van der Waals surface area contributed by atoms with Gasteiger partial charge in [-0.3, -0.25) is 11.2 Å². The largest absolute Gasteiger partial charge is 0.369 e. The average molecular weight is 288 g/mol. The molecule has 5 nitrogen and oxygen atoms in total. The Hall–Kier alpha value is -2.08. The first-order chi connectivity index (χ1) is 9.58. The molecule has 0 aliphatic carbocycles. The third-order valence-electron chi connectivity index (χ3n) is 3.17. The van der Waals surface area contributed by atoms with Gasteiger partial charge in [0.05, 0.1) is 0 Å². The molecule has 1 aliphatic rings.